The lowest BCUT2D eigenvalue weighted by Crippen LogP contribution is -2.55. The molecule has 1 aromatic carbocycles. The lowest BCUT2D eigenvalue weighted by Gasteiger charge is -2.37. The number of carbonyl (C=O) groups is 2. The molecule has 1 saturated heterocycles. The zero-order chi connectivity index (χ0) is 17.3. The molecule has 1 unspecified atom stereocenters. The Morgan fingerprint density at radius 1 is 1.25 bits per heavy atom. The number of nitrogens with zero attached hydrogens (tertiary/aromatic N) is 2. The smallest absolute Gasteiger partial charge is 0.258 e. The number of amides is 2. The largest absolute Gasteiger partial charge is 0.352 e. The molecule has 2 aliphatic rings. The normalized spacial score (nSPS) is 19.9. The number of rotatable bonds is 4. The minimum atomic E-state index is -0.605. The molecule has 1 atom stereocenters. The highest BCUT2D eigenvalue weighted by Crippen LogP contribution is 2.22. The van der Waals surface area contributed by atoms with Crippen molar-refractivity contribution in [3.8, 4) is 0 Å². The van der Waals surface area contributed by atoms with E-state index in [1.54, 1.807) is 4.90 Å². The Labute approximate surface area is 145 Å². The zero-order valence-electron chi connectivity index (χ0n) is 13.6. The average Bonchev–Trinajstić information content (AvgIpc) is 3.38. The summed E-state index contributed by atoms with van der Waals surface area (Å²) in [7, 11) is 0. The number of halogens is 2. The summed E-state index contributed by atoms with van der Waals surface area (Å²) in [6.45, 7) is 3.94. The molecular weight excluding hydrogens is 333 g/mol. The number of hydrogen-bond acceptors (Lipinski definition) is 3. The van der Waals surface area contributed by atoms with E-state index >= 15 is 0 Å². The highest BCUT2D eigenvalue weighted by molar-refractivity contribution is 6.33. The van der Waals surface area contributed by atoms with Crippen molar-refractivity contribution in [2.24, 2.45) is 0 Å². The number of piperazine rings is 1. The van der Waals surface area contributed by atoms with Gasteiger partial charge >= 0.3 is 0 Å². The van der Waals surface area contributed by atoms with Gasteiger partial charge < -0.3 is 10.2 Å². The molecule has 1 N–H and O–H groups in total. The Bertz CT molecular complexity index is 622. The Hall–Kier alpha value is -1.66. The van der Waals surface area contributed by atoms with Crippen LogP contribution in [0.2, 0.25) is 5.02 Å². The van der Waals surface area contributed by atoms with Crippen molar-refractivity contribution in [1.29, 1.82) is 0 Å². The quantitative estimate of drug-likeness (QED) is 0.899. The lowest BCUT2D eigenvalue weighted by atomic mass is 10.1. The van der Waals surface area contributed by atoms with Gasteiger partial charge in [0.1, 0.15) is 5.82 Å². The van der Waals surface area contributed by atoms with Crippen molar-refractivity contribution in [1.82, 2.24) is 15.1 Å². The molecule has 1 aliphatic carbocycles. The zero-order valence-corrected chi connectivity index (χ0v) is 14.4. The highest BCUT2D eigenvalue weighted by atomic mass is 35.5. The molecule has 2 fully saturated rings. The molecule has 0 bridgehead atoms. The summed E-state index contributed by atoms with van der Waals surface area (Å²) in [6, 6.07) is 4.34. The third kappa shape index (κ3) is 3.70. The number of benzene rings is 1. The maximum absolute atomic E-state index is 13.9. The fourth-order valence-corrected chi connectivity index (χ4v) is 3.13. The molecule has 5 nitrogen and oxygen atoms in total. The minimum absolute atomic E-state index is 0.0365. The van der Waals surface area contributed by atoms with Gasteiger partial charge in [-0.25, -0.2) is 4.39 Å². The second-order valence-electron chi connectivity index (χ2n) is 6.38. The summed E-state index contributed by atoms with van der Waals surface area (Å²) >= 11 is 5.97. The van der Waals surface area contributed by atoms with E-state index in [1.165, 1.54) is 18.2 Å². The van der Waals surface area contributed by atoms with Crippen molar-refractivity contribution >= 4 is 23.4 Å². The van der Waals surface area contributed by atoms with E-state index in [2.05, 4.69) is 5.32 Å². The fourth-order valence-electron chi connectivity index (χ4n) is 2.89. The Kier molecular flexibility index (Phi) is 5.06. The summed E-state index contributed by atoms with van der Waals surface area (Å²) in [5, 5.41) is 3.12. The molecule has 1 aliphatic heterocycles. The summed E-state index contributed by atoms with van der Waals surface area (Å²) in [4.78, 5) is 28.3. The first kappa shape index (κ1) is 17.2. The molecular formula is C17H21ClFN3O2. The third-order valence-electron chi connectivity index (χ3n) is 4.63. The van der Waals surface area contributed by atoms with Crippen LogP contribution in [0.1, 0.15) is 30.1 Å². The van der Waals surface area contributed by atoms with Crippen molar-refractivity contribution in [3.63, 3.8) is 0 Å². The van der Waals surface area contributed by atoms with Crippen LogP contribution in [0, 0.1) is 5.82 Å². The first-order valence-electron chi connectivity index (χ1n) is 8.25. The third-order valence-corrected chi connectivity index (χ3v) is 4.94. The van der Waals surface area contributed by atoms with E-state index in [1.807, 2.05) is 11.8 Å². The fraction of sp³-hybridized carbons (Fsp3) is 0.529. The van der Waals surface area contributed by atoms with Gasteiger partial charge in [0, 0.05) is 32.2 Å². The topological polar surface area (TPSA) is 52.7 Å². The average molecular weight is 354 g/mol. The highest BCUT2D eigenvalue weighted by Gasteiger charge is 2.31. The van der Waals surface area contributed by atoms with Crippen LogP contribution in [0.5, 0.6) is 0 Å². The van der Waals surface area contributed by atoms with Gasteiger partial charge in [-0.2, -0.15) is 0 Å². The Morgan fingerprint density at radius 3 is 2.50 bits per heavy atom. The van der Waals surface area contributed by atoms with Crippen LogP contribution in [0.15, 0.2) is 18.2 Å². The summed E-state index contributed by atoms with van der Waals surface area (Å²) < 4.78 is 13.9. The van der Waals surface area contributed by atoms with Gasteiger partial charge in [-0.1, -0.05) is 17.7 Å². The van der Waals surface area contributed by atoms with Gasteiger partial charge in [-0.05, 0) is 31.9 Å². The SMILES string of the molecule is CC(C(=O)NC1CC1)N1CCN(C(=O)c2c(F)cccc2Cl)CC1. The second kappa shape index (κ2) is 7.07. The monoisotopic (exact) mass is 353 g/mol. The molecule has 1 aromatic rings. The van der Waals surface area contributed by atoms with Crippen molar-refractivity contribution in [3.05, 3.63) is 34.6 Å². The van der Waals surface area contributed by atoms with E-state index in [-0.39, 0.29) is 22.5 Å². The van der Waals surface area contributed by atoms with Crippen LogP contribution in [0.3, 0.4) is 0 Å². The lowest BCUT2D eigenvalue weighted by molar-refractivity contribution is -0.126. The van der Waals surface area contributed by atoms with Gasteiger partial charge in [0.05, 0.1) is 16.6 Å². The molecule has 7 heteroatoms. The maximum Gasteiger partial charge on any atom is 0.258 e. The molecule has 0 spiro atoms. The van der Waals surface area contributed by atoms with E-state index in [9.17, 15) is 14.0 Å². The molecule has 1 heterocycles. The molecule has 1 saturated carbocycles. The van der Waals surface area contributed by atoms with E-state index in [4.69, 9.17) is 11.6 Å². The maximum atomic E-state index is 13.9. The van der Waals surface area contributed by atoms with Gasteiger partial charge in [0.2, 0.25) is 5.91 Å². The summed E-state index contributed by atoms with van der Waals surface area (Å²) in [5.74, 6) is -0.964. The Balaban J connectivity index is 1.58. The molecule has 24 heavy (non-hydrogen) atoms. The minimum Gasteiger partial charge on any atom is -0.352 e. The van der Waals surface area contributed by atoms with Crippen molar-refractivity contribution in [2.45, 2.75) is 31.8 Å². The van der Waals surface area contributed by atoms with Crippen LogP contribution >= 0.6 is 11.6 Å². The van der Waals surface area contributed by atoms with E-state index in [0.29, 0.717) is 32.2 Å². The van der Waals surface area contributed by atoms with Crippen LogP contribution in [-0.4, -0.2) is 59.9 Å². The predicted octanol–water partition coefficient (Wildman–Crippen LogP) is 1.90. The van der Waals surface area contributed by atoms with Gasteiger partial charge in [-0.15, -0.1) is 0 Å². The van der Waals surface area contributed by atoms with Gasteiger partial charge in [0.15, 0.2) is 0 Å². The van der Waals surface area contributed by atoms with E-state index < -0.39 is 11.7 Å². The number of hydrogen-bond donors (Lipinski definition) is 1. The summed E-state index contributed by atoms with van der Waals surface area (Å²) in [5.41, 5.74) is -0.0767. The molecule has 3 rings (SSSR count). The molecule has 0 aromatic heterocycles. The molecule has 2 amide bonds. The van der Waals surface area contributed by atoms with Crippen LogP contribution in [-0.2, 0) is 4.79 Å². The Morgan fingerprint density at radius 2 is 1.92 bits per heavy atom. The molecule has 0 radical (unpaired) electrons. The van der Waals surface area contributed by atoms with E-state index in [0.717, 1.165) is 12.8 Å². The number of carbonyl (C=O) groups excluding carboxylic acids is 2. The van der Waals surface area contributed by atoms with Crippen LogP contribution in [0.25, 0.3) is 0 Å². The standard InChI is InChI=1S/C17H21ClFN3O2/c1-11(16(23)20-12-5-6-12)21-7-9-22(10-8-21)17(24)15-13(18)3-2-4-14(15)19/h2-4,11-12H,5-10H2,1H3,(H,20,23). The predicted molar refractivity (Wildman–Crippen MR) is 89.5 cm³/mol. The van der Waals surface area contributed by atoms with Crippen molar-refractivity contribution < 1.29 is 14.0 Å². The summed E-state index contributed by atoms with van der Waals surface area (Å²) in [6.07, 6.45) is 2.12. The first-order chi connectivity index (χ1) is 11.5. The second-order valence-corrected chi connectivity index (χ2v) is 6.79. The molecule has 130 valence electrons. The van der Waals surface area contributed by atoms with Crippen molar-refractivity contribution in [2.75, 3.05) is 26.2 Å². The van der Waals surface area contributed by atoms with Gasteiger partial charge in [0.25, 0.3) is 5.91 Å². The number of nitrogens with one attached hydrogen (secondary N) is 1. The first-order valence-corrected chi connectivity index (χ1v) is 8.63. The van der Waals surface area contributed by atoms with Crippen LogP contribution < -0.4 is 5.32 Å². The van der Waals surface area contributed by atoms with Gasteiger partial charge in [-0.3, -0.25) is 14.5 Å². The van der Waals surface area contributed by atoms with Crippen LogP contribution in [0.4, 0.5) is 4.39 Å².